The summed E-state index contributed by atoms with van der Waals surface area (Å²) in [4.78, 5) is 39.0. The van der Waals surface area contributed by atoms with Gasteiger partial charge in [-0.05, 0) is 12.1 Å². The molecule has 1 aromatic carbocycles. The zero-order valence-electron chi connectivity index (χ0n) is 13.8. The molecule has 1 aromatic rings. The second-order valence-corrected chi connectivity index (χ2v) is 6.80. The second-order valence-electron chi connectivity index (χ2n) is 6.37. The number of hydrogen-bond acceptors (Lipinski definition) is 4. The minimum Gasteiger partial charge on any atom is -0.464 e. The van der Waals surface area contributed by atoms with Crippen molar-refractivity contribution in [2.45, 2.75) is 24.9 Å². The third kappa shape index (κ3) is 2.17. The first-order chi connectivity index (χ1) is 11.4. The van der Waals surface area contributed by atoms with Crippen molar-refractivity contribution >= 4 is 29.4 Å². The third-order valence-electron chi connectivity index (χ3n) is 5.40. The highest BCUT2D eigenvalue weighted by Crippen LogP contribution is 2.45. The zero-order valence-corrected chi connectivity index (χ0v) is 14.5. The SMILES string of the molecule is CC[C@@]1(C(=O)OC)[NH2+][C@@H](c2ccc(Cl)cc2)[C@H]2C(=O)N(C)C(=O)[C@@H]21. The predicted molar refractivity (Wildman–Crippen MR) is 85.9 cm³/mol. The molecular weight excluding hydrogens is 332 g/mol. The van der Waals surface area contributed by atoms with Gasteiger partial charge in [-0.3, -0.25) is 14.5 Å². The summed E-state index contributed by atoms with van der Waals surface area (Å²) in [5.41, 5.74) is -0.216. The first-order valence-electron chi connectivity index (χ1n) is 7.88. The number of likely N-dealkylation sites (tertiary alicyclic amines) is 1. The molecule has 0 saturated carbocycles. The van der Waals surface area contributed by atoms with Gasteiger partial charge >= 0.3 is 5.97 Å². The number of nitrogens with zero attached hydrogens (tertiary/aromatic N) is 1. The number of halogens is 1. The van der Waals surface area contributed by atoms with Crippen LogP contribution in [0.5, 0.6) is 0 Å². The number of esters is 1. The Kier molecular flexibility index (Phi) is 4.13. The number of fused-ring (bicyclic) bond motifs is 1. The molecule has 0 aromatic heterocycles. The second kappa shape index (κ2) is 5.86. The van der Waals surface area contributed by atoms with E-state index in [4.69, 9.17) is 16.3 Å². The van der Waals surface area contributed by atoms with Gasteiger partial charge in [-0.1, -0.05) is 30.7 Å². The molecule has 0 unspecified atom stereocenters. The Hall–Kier alpha value is -1.92. The summed E-state index contributed by atoms with van der Waals surface area (Å²) in [6.45, 7) is 1.84. The molecule has 0 aliphatic carbocycles. The number of amides is 2. The van der Waals surface area contributed by atoms with Crippen molar-refractivity contribution < 1.29 is 24.4 Å². The van der Waals surface area contributed by atoms with Gasteiger partial charge in [0.15, 0.2) is 0 Å². The van der Waals surface area contributed by atoms with Crippen LogP contribution in [0.25, 0.3) is 0 Å². The lowest BCUT2D eigenvalue weighted by atomic mass is 9.78. The Morgan fingerprint density at radius 2 is 1.92 bits per heavy atom. The maximum atomic E-state index is 12.7. The molecule has 0 radical (unpaired) electrons. The first kappa shape index (κ1) is 16.9. The number of quaternary nitrogens is 1. The van der Waals surface area contributed by atoms with Gasteiger partial charge in [0, 0.05) is 24.1 Å². The Bertz CT molecular complexity index is 705. The van der Waals surface area contributed by atoms with Gasteiger partial charge in [-0.25, -0.2) is 4.79 Å². The highest BCUT2D eigenvalue weighted by Gasteiger charge is 2.71. The summed E-state index contributed by atoms with van der Waals surface area (Å²) < 4.78 is 4.99. The molecule has 2 aliphatic heterocycles. The minimum absolute atomic E-state index is 0.250. The fraction of sp³-hybridized carbons (Fsp3) is 0.471. The van der Waals surface area contributed by atoms with Crippen molar-refractivity contribution in [1.82, 2.24) is 4.90 Å². The predicted octanol–water partition coefficient (Wildman–Crippen LogP) is 0.511. The zero-order chi connectivity index (χ0) is 17.6. The average Bonchev–Trinajstić information content (AvgIpc) is 3.05. The lowest BCUT2D eigenvalue weighted by Crippen LogP contribution is -2.98. The molecule has 2 aliphatic rings. The highest BCUT2D eigenvalue weighted by atomic mass is 35.5. The van der Waals surface area contributed by atoms with Crippen LogP contribution >= 0.6 is 11.6 Å². The molecular formula is C17H20ClN2O4+. The maximum Gasteiger partial charge on any atom is 0.368 e. The van der Waals surface area contributed by atoms with Gasteiger partial charge in [0.05, 0.1) is 7.11 Å². The lowest BCUT2D eigenvalue weighted by Gasteiger charge is -2.27. The van der Waals surface area contributed by atoms with E-state index in [-0.39, 0.29) is 17.9 Å². The summed E-state index contributed by atoms with van der Waals surface area (Å²) in [5, 5.41) is 2.43. The van der Waals surface area contributed by atoms with Crippen molar-refractivity contribution in [3.05, 3.63) is 34.9 Å². The molecule has 3 rings (SSSR count). The number of methoxy groups -OCH3 is 1. The van der Waals surface area contributed by atoms with Crippen LogP contribution in [0.1, 0.15) is 24.9 Å². The number of ether oxygens (including phenoxy) is 1. The van der Waals surface area contributed by atoms with Crippen LogP contribution < -0.4 is 5.32 Å². The van der Waals surface area contributed by atoms with Gasteiger partial charge in [0.1, 0.15) is 17.9 Å². The van der Waals surface area contributed by atoms with E-state index in [1.807, 2.05) is 24.4 Å². The van der Waals surface area contributed by atoms with E-state index in [0.717, 1.165) is 10.5 Å². The molecule has 2 heterocycles. The van der Waals surface area contributed by atoms with Gasteiger partial charge in [0.2, 0.25) is 17.4 Å². The quantitative estimate of drug-likeness (QED) is 0.635. The van der Waals surface area contributed by atoms with Crippen molar-refractivity contribution in [3.63, 3.8) is 0 Å². The lowest BCUT2D eigenvalue weighted by molar-refractivity contribution is -0.734. The van der Waals surface area contributed by atoms with Crippen LogP contribution in [-0.4, -0.2) is 42.4 Å². The van der Waals surface area contributed by atoms with Crippen LogP contribution in [0.3, 0.4) is 0 Å². The van der Waals surface area contributed by atoms with E-state index in [9.17, 15) is 14.4 Å². The number of carbonyl (C=O) groups is 3. The fourth-order valence-corrected chi connectivity index (χ4v) is 4.25. The van der Waals surface area contributed by atoms with Crippen molar-refractivity contribution in [2.24, 2.45) is 11.8 Å². The molecule has 6 nitrogen and oxygen atoms in total. The Labute approximate surface area is 145 Å². The van der Waals surface area contributed by atoms with E-state index < -0.39 is 23.3 Å². The number of nitrogens with two attached hydrogens (primary N) is 1. The first-order valence-corrected chi connectivity index (χ1v) is 8.26. The molecule has 4 atom stereocenters. The Morgan fingerprint density at radius 1 is 1.29 bits per heavy atom. The number of carbonyl (C=O) groups excluding carboxylic acids is 3. The van der Waals surface area contributed by atoms with Gasteiger partial charge < -0.3 is 10.1 Å². The van der Waals surface area contributed by atoms with E-state index in [1.165, 1.54) is 14.2 Å². The van der Waals surface area contributed by atoms with Crippen LogP contribution in [0.4, 0.5) is 0 Å². The monoisotopic (exact) mass is 351 g/mol. The molecule has 24 heavy (non-hydrogen) atoms. The van der Waals surface area contributed by atoms with Crippen LogP contribution in [0.2, 0.25) is 5.02 Å². The normalized spacial score (nSPS) is 32.2. The van der Waals surface area contributed by atoms with Crippen molar-refractivity contribution in [3.8, 4) is 0 Å². The van der Waals surface area contributed by atoms with Crippen molar-refractivity contribution in [1.29, 1.82) is 0 Å². The van der Waals surface area contributed by atoms with Crippen LogP contribution in [-0.2, 0) is 19.1 Å². The fourth-order valence-electron chi connectivity index (χ4n) is 4.12. The average molecular weight is 352 g/mol. The minimum atomic E-state index is -1.08. The standard InChI is InChI=1S/C17H19ClN2O4/c1-4-17(16(23)24-3)12-11(14(21)20(2)15(12)22)13(19-17)9-5-7-10(18)8-6-9/h5-8,11-13,19H,4H2,1-3H3/p+1/t11-,12+,13-,17+/m0/s1. The summed E-state index contributed by atoms with van der Waals surface area (Å²) in [6.07, 6.45) is 0.401. The summed E-state index contributed by atoms with van der Waals surface area (Å²) in [6, 6.07) is 6.83. The largest absolute Gasteiger partial charge is 0.464 e. The molecule has 2 fully saturated rings. The molecule has 2 amide bonds. The summed E-state index contributed by atoms with van der Waals surface area (Å²) in [5.74, 6) is -2.32. The van der Waals surface area contributed by atoms with Gasteiger partial charge in [-0.2, -0.15) is 0 Å². The Balaban J connectivity index is 2.12. The highest BCUT2D eigenvalue weighted by molar-refractivity contribution is 6.30. The Morgan fingerprint density at radius 3 is 2.46 bits per heavy atom. The van der Waals surface area contributed by atoms with E-state index in [1.54, 1.807) is 12.1 Å². The number of rotatable bonds is 3. The van der Waals surface area contributed by atoms with Gasteiger partial charge in [0.25, 0.3) is 0 Å². The molecule has 7 heteroatoms. The molecule has 2 N–H and O–H groups in total. The maximum absolute atomic E-state index is 12.7. The third-order valence-corrected chi connectivity index (χ3v) is 5.65. The number of hydrogen-bond donors (Lipinski definition) is 1. The summed E-state index contributed by atoms with van der Waals surface area (Å²) in [7, 11) is 2.78. The van der Waals surface area contributed by atoms with Gasteiger partial charge in [-0.15, -0.1) is 0 Å². The summed E-state index contributed by atoms with van der Waals surface area (Å²) >= 11 is 5.95. The number of imide groups is 1. The molecule has 0 spiro atoms. The van der Waals surface area contributed by atoms with E-state index in [2.05, 4.69) is 0 Å². The van der Waals surface area contributed by atoms with E-state index in [0.29, 0.717) is 11.4 Å². The van der Waals surface area contributed by atoms with Crippen LogP contribution in [0.15, 0.2) is 24.3 Å². The number of benzene rings is 1. The molecule has 2 saturated heterocycles. The molecule has 128 valence electrons. The smallest absolute Gasteiger partial charge is 0.368 e. The van der Waals surface area contributed by atoms with Crippen molar-refractivity contribution in [2.75, 3.05) is 14.2 Å². The topological polar surface area (TPSA) is 80.3 Å². The van der Waals surface area contributed by atoms with E-state index >= 15 is 0 Å². The van der Waals surface area contributed by atoms with Crippen LogP contribution in [0, 0.1) is 11.8 Å². The molecule has 0 bridgehead atoms.